The molecular formula is C14H9ClF2O2. The Hall–Kier alpha value is -1.94. The predicted octanol–water partition coefficient (Wildman–Crippen LogP) is 4.29. The van der Waals surface area contributed by atoms with Crippen molar-refractivity contribution in [1.82, 2.24) is 0 Å². The number of rotatable bonds is 2. The number of aryl methyl sites for hydroxylation is 1. The molecule has 0 atom stereocenters. The quantitative estimate of drug-likeness (QED) is 0.892. The second-order valence-corrected chi connectivity index (χ2v) is 4.46. The van der Waals surface area contributed by atoms with E-state index in [1.54, 1.807) is 0 Å². The lowest BCUT2D eigenvalue weighted by Crippen LogP contribution is -2.03. The predicted molar refractivity (Wildman–Crippen MR) is 68.5 cm³/mol. The van der Waals surface area contributed by atoms with E-state index in [2.05, 4.69) is 0 Å². The molecule has 2 aromatic rings. The minimum Gasteiger partial charge on any atom is -0.478 e. The highest BCUT2D eigenvalue weighted by molar-refractivity contribution is 6.31. The van der Waals surface area contributed by atoms with Gasteiger partial charge in [0.25, 0.3) is 0 Å². The standard InChI is InChI=1S/C14H9ClF2O2/c1-7-5-10(14(18)19)9(6-12(7)16)8-3-2-4-11(15)13(8)17/h2-6H,1H3,(H,18,19). The van der Waals surface area contributed by atoms with Gasteiger partial charge in [-0.05, 0) is 30.7 Å². The summed E-state index contributed by atoms with van der Waals surface area (Å²) in [5, 5.41) is 8.98. The topological polar surface area (TPSA) is 37.3 Å². The zero-order valence-electron chi connectivity index (χ0n) is 9.88. The molecule has 0 fully saturated rings. The number of carboxylic acid groups (broad SMARTS) is 1. The number of carboxylic acids is 1. The maximum absolute atomic E-state index is 13.9. The Labute approximate surface area is 113 Å². The largest absolute Gasteiger partial charge is 0.478 e. The molecule has 0 aromatic heterocycles. The van der Waals surface area contributed by atoms with Gasteiger partial charge in [0.1, 0.15) is 11.6 Å². The second kappa shape index (κ2) is 4.97. The molecule has 2 aromatic carbocycles. The van der Waals surface area contributed by atoms with Crippen LogP contribution in [0.2, 0.25) is 5.02 Å². The highest BCUT2D eigenvalue weighted by Crippen LogP contribution is 2.31. The van der Waals surface area contributed by atoms with E-state index < -0.39 is 17.6 Å². The summed E-state index contributed by atoms with van der Waals surface area (Å²) in [5.41, 5.74) is -0.0527. The van der Waals surface area contributed by atoms with Crippen LogP contribution in [0.1, 0.15) is 15.9 Å². The number of halogens is 3. The van der Waals surface area contributed by atoms with Crippen molar-refractivity contribution in [2.45, 2.75) is 6.92 Å². The highest BCUT2D eigenvalue weighted by atomic mass is 35.5. The molecule has 5 heteroatoms. The van der Waals surface area contributed by atoms with Crippen molar-refractivity contribution in [1.29, 1.82) is 0 Å². The summed E-state index contributed by atoms with van der Waals surface area (Å²) in [6.07, 6.45) is 0. The summed E-state index contributed by atoms with van der Waals surface area (Å²) < 4.78 is 27.5. The molecule has 19 heavy (non-hydrogen) atoms. The van der Waals surface area contributed by atoms with Crippen molar-refractivity contribution >= 4 is 17.6 Å². The van der Waals surface area contributed by atoms with E-state index in [0.717, 1.165) is 6.07 Å². The van der Waals surface area contributed by atoms with Crippen LogP contribution in [0.4, 0.5) is 8.78 Å². The van der Waals surface area contributed by atoms with Crippen LogP contribution in [0.25, 0.3) is 11.1 Å². The first-order valence-electron chi connectivity index (χ1n) is 5.39. The number of hydrogen-bond donors (Lipinski definition) is 1. The van der Waals surface area contributed by atoms with Crippen molar-refractivity contribution in [2.24, 2.45) is 0 Å². The summed E-state index contributed by atoms with van der Waals surface area (Å²) in [6, 6.07) is 6.36. The Balaban J connectivity index is 2.77. The van der Waals surface area contributed by atoms with Crippen molar-refractivity contribution in [3.05, 3.63) is 58.1 Å². The molecule has 0 aliphatic heterocycles. The van der Waals surface area contributed by atoms with Gasteiger partial charge in [0.05, 0.1) is 10.6 Å². The third kappa shape index (κ3) is 2.44. The van der Waals surface area contributed by atoms with Gasteiger partial charge in [-0.2, -0.15) is 0 Å². The molecule has 0 radical (unpaired) electrons. The highest BCUT2D eigenvalue weighted by Gasteiger charge is 2.18. The van der Waals surface area contributed by atoms with Gasteiger partial charge in [0.15, 0.2) is 0 Å². The molecule has 2 nitrogen and oxygen atoms in total. The fraction of sp³-hybridized carbons (Fsp3) is 0.0714. The van der Waals surface area contributed by atoms with E-state index in [1.165, 1.54) is 31.2 Å². The first-order valence-corrected chi connectivity index (χ1v) is 5.77. The molecule has 0 bridgehead atoms. The SMILES string of the molecule is Cc1cc(C(=O)O)c(-c2cccc(Cl)c2F)cc1F. The minimum atomic E-state index is -1.25. The van der Waals surface area contributed by atoms with Crippen molar-refractivity contribution in [3.63, 3.8) is 0 Å². The van der Waals surface area contributed by atoms with Crippen LogP contribution in [0.3, 0.4) is 0 Å². The Morgan fingerprint density at radius 2 is 1.89 bits per heavy atom. The van der Waals surface area contributed by atoms with Crippen LogP contribution in [0.5, 0.6) is 0 Å². The van der Waals surface area contributed by atoms with E-state index in [-0.39, 0.29) is 27.3 Å². The van der Waals surface area contributed by atoms with E-state index in [0.29, 0.717) is 0 Å². The van der Waals surface area contributed by atoms with Gasteiger partial charge in [0.2, 0.25) is 0 Å². The Morgan fingerprint density at radius 3 is 2.53 bits per heavy atom. The van der Waals surface area contributed by atoms with Crippen LogP contribution < -0.4 is 0 Å². The van der Waals surface area contributed by atoms with Crippen LogP contribution in [-0.2, 0) is 0 Å². The Morgan fingerprint density at radius 1 is 1.21 bits per heavy atom. The van der Waals surface area contributed by atoms with Gasteiger partial charge in [-0.15, -0.1) is 0 Å². The zero-order chi connectivity index (χ0) is 14.2. The van der Waals surface area contributed by atoms with E-state index in [9.17, 15) is 13.6 Å². The van der Waals surface area contributed by atoms with E-state index in [1.807, 2.05) is 0 Å². The molecule has 0 unspecified atom stereocenters. The molecular weight excluding hydrogens is 274 g/mol. The van der Waals surface area contributed by atoms with Crippen LogP contribution in [0.15, 0.2) is 30.3 Å². The fourth-order valence-corrected chi connectivity index (χ4v) is 1.97. The average Bonchev–Trinajstić information content (AvgIpc) is 2.35. The fourth-order valence-electron chi connectivity index (χ4n) is 1.79. The lowest BCUT2D eigenvalue weighted by atomic mass is 9.97. The normalized spacial score (nSPS) is 10.5. The lowest BCUT2D eigenvalue weighted by molar-refractivity contribution is 0.0697. The van der Waals surface area contributed by atoms with Crippen LogP contribution >= 0.6 is 11.6 Å². The Kier molecular flexibility index (Phi) is 3.53. The van der Waals surface area contributed by atoms with Gasteiger partial charge in [-0.1, -0.05) is 23.7 Å². The van der Waals surface area contributed by atoms with Gasteiger partial charge in [-0.25, -0.2) is 13.6 Å². The maximum atomic E-state index is 13.9. The summed E-state index contributed by atoms with van der Waals surface area (Å²) >= 11 is 5.65. The van der Waals surface area contributed by atoms with Gasteiger partial charge in [-0.3, -0.25) is 0 Å². The van der Waals surface area contributed by atoms with Crippen LogP contribution in [-0.4, -0.2) is 11.1 Å². The average molecular weight is 283 g/mol. The molecule has 0 aliphatic rings. The third-order valence-electron chi connectivity index (χ3n) is 2.77. The van der Waals surface area contributed by atoms with E-state index in [4.69, 9.17) is 16.7 Å². The molecule has 2 rings (SSSR count). The zero-order valence-corrected chi connectivity index (χ0v) is 10.6. The molecule has 0 spiro atoms. The number of carbonyl (C=O) groups is 1. The second-order valence-electron chi connectivity index (χ2n) is 4.05. The Bertz CT molecular complexity index is 669. The van der Waals surface area contributed by atoms with Crippen LogP contribution in [0, 0.1) is 18.6 Å². The first-order chi connectivity index (χ1) is 8.91. The molecule has 0 amide bonds. The van der Waals surface area contributed by atoms with Crippen molar-refractivity contribution in [2.75, 3.05) is 0 Å². The maximum Gasteiger partial charge on any atom is 0.336 e. The number of hydrogen-bond acceptors (Lipinski definition) is 1. The van der Waals surface area contributed by atoms with Crippen molar-refractivity contribution < 1.29 is 18.7 Å². The monoisotopic (exact) mass is 282 g/mol. The number of benzene rings is 2. The smallest absolute Gasteiger partial charge is 0.336 e. The van der Waals surface area contributed by atoms with E-state index >= 15 is 0 Å². The summed E-state index contributed by atoms with van der Waals surface area (Å²) in [7, 11) is 0. The molecule has 0 aliphatic carbocycles. The van der Waals surface area contributed by atoms with Crippen molar-refractivity contribution in [3.8, 4) is 11.1 Å². The lowest BCUT2D eigenvalue weighted by Gasteiger charge is -2.10. The summed E-state index contributed by atoms with van der Waals surface area (Å²) in [6.45, 7) is 1.44. The molecule has 98 valence electrons. The number of aromatic carboxylic acids is 1. The summed E-state index contributed by atoms with van der Waals surface area (Å²) in [4.78, 5) is 11.2. The molecule has 0 heterocycles. The van der Waals surface area contributed by atoms with Gasteiger partial charge < -0.3 is 5.11 Å². The molecule has 1 N–H and O–H groups in total. The van der Waals surface area contributed by atoms with Gasteiger partial charge in [0, 0.05) is 11.1 Å². The third-order valence-corrected chi connectivity index (χ3v) is 3.06. The molecule has 0 saturated heterocycles. The van der Waals surface area contributed by atoms with Gasteiger partial charge >= 0.3 is 5.97 Å². The molecule has 0 saturated carbocycles. The first kappa shape index (κ1) is 13.5. The minimum absolute atomic E-state index is 0.0319. The summed E-state index contributed by atoms with van der Waals surface area (Å²) in [5.74, 6) is -2.62.